The molecule has 0 aliphatic heterocycles. The maximum Gasteiger partial charge on any atom is 0.325 e. The molecule has 78 valence electrons. The van der Waals surface area contributed by atoms with Crippen molar-refractivity contribution in [2.75, 3.05) is 5.43 Å². The van der Waals surface area contributed by atoms with Gasteiger partial charge >= 0.3 is 5.69 Å². The Labute approximate surface area is 83.0 Å². The Bertz CT molecular complexity index is 511. The van der Waals surface area contributed by atoms with Crippen molar-refractivity contribution in [1.82, 2.24) is 24.8 Å². The smallest absolute Gasteiger partial charge is 0.318 e. The summed E-state index contributed by atoms with van der Waals surface area (Å²) in [6.07, 6.45) is 2.93. The Hall–Kier alpha value is -2.38. The van der Waals surface area contributed by atoms with Crippen molar-refractivity contribution in [3.05, 3.63) is 45.3 Å². The van der Waals surface area contributed by atoms with Gasteiger partial charge in [0.15, 0.2) is 0 Å². The zero-order valence-corrected chi connectivity index (χ0v) is 7.60. The molecule has 0 atom stereocenters. The average molecular weight is 208 g/mol. The topological polar surface area (TPSA) is 108 Å². The van der Waals surface area contributed by atoms with Crippen molar-refractivity contribution in [3.8, 4) is 0 Å². The molecule has 2 aromatic rings. The van der Waals surface area contributed by atoms with E-state index in [1.807, 2.05) is 0 Å². The van der Waals surface area contributed by atoms with E-state index < -0.39 is 11.2 Å². The minimum atomic E-state index is -0.525. The Morgan fingerprint density at radius 1 is 1.27 bits per heavy atom. The lowest BCUT2D eigenvalue weighted by Crippen LogP contribution is -2.25. The van der Waals surface area contributed by atoms with Crippen LogP contribution in [0.3, 0.4) is 0 Å². The van der Waals surface area contributed by atoms with Crippen LogP contribution in [0.1, 0.15) is 5.69 Å². The molecule has 8 nitrogen and oxygen atoms in total. The highest BCUT2D eigenvalue weighted by atomic mass is 16.2. The summed E-state index contributed by atoms with van der Waals surface area (Å²) >= 11 is 0. The van der Waals surface area contributed by atoms with Crippen LogP contribution in [0.5, 0.6) is 0 Å². The van der Waals surface area contributed by atoms with Gasteiger partial charge in [-0.3, -0.25) is 9.78 Å². The third kappa shape index (κ3) is 2.30. The van der Waals surface area contributed by atoms with Crippen molar-refractivity contribution < 1.29 is 0 Å². The SMILES string of the molecule is O=c1cc(CNn2cnnc2)[nH]c(=O)[nH]1. The van der Waals surface area contributed by atoms with E-state index in [2.05, 4.69) is 25.6 Å². The maximum atomic E-state index is 10.9. The molecule has 0 unspecified atom stereocenters. The molecule has 0 saturated carbocycles. The summed E-state index contributed by atoms with van der Waals surface area (Å²) in [7, 11) is 0. The molecule has 0 spiro atoms. The van der Waals surface area contributed by atoms with Gasteiger partial charge in [0, 0.05) is 11.8 Å². The quantitative estimate of drug-likeness (QED) is 0.562. The van der Waals surface area contributed by atoms with Crippen LogP contribution >= 0.6 is 0 Å². The predicted octanol–water partition coefficient (Wildman–Crippen LogP) is -1.60. The summed E-state index contributed by atoms with van der Waals surface area (Å²) in [5.74, 6) is 0. The summed E-state index contributed by atoms with van der Waals surface area (Å²) in [5.41, 5.74) is 2.39. The lowest BCUT2D eigenvalue weighted by molar-refractivity contribution is 0.806. The number of nitrogens with zero attached hydrogens (tertiary/aromatic N) is 3. The molecule has 0 aliphatic carbocycles. The fraction of sp³-hybridized carbons (Fsp3) is 0.143. The third-order valence-corrected chi connectivity index (χ3v) is 1.69. The zero-order valence-electron chi connectivity index (χ0n) is 7.60. The molecule has 15 heavy (non-hydrogen) atoms. The van der Waals surface area contributed by atoms with E-state index in [0.29, 0.717) is 12.2 Å². The van der Waals surface area contributed by atoms with Gasteiger partial charge in [-0.1, -0.05) is 0 Å². The molecule has 3 N–H and O–H groups in total. The number of hydrogen-bond acceptors (Lipinski definition) is 5. The van der Waals surface area contributed by atoms with Gasteiger partial charge in [0.25, 0.3) is 5.56 Å². The summed E-state index contributed by atoms with van der Waals surface area (Å²) in [5, 5.41) is 7.16. The molecular formula is C7H8N6O2. The van der Waals surface area contributed by atoms with Gasteiger partial charge in [-0.05, 0) is 0 Å². The molecule has 0 radical (unpaired) electrons. The number of H-pyrrole nitrogens is 2. The minimum absolute atomic E-state index is 0.303. The Morgan fingerprint density at radius 2 is 2.00 bits per heavy atom. The summed E-state index contributed by atoms with van der Waals surface area (Å²) in [4.78, 5) is 26.4. The maximum absolute atomic E-state index is 10.9. The molecule has 0 aliphatic rings. The van der Waals surface area contributed by atoms with Gasteiger partial charge in [-0.2, -0.15) is 0 Å². The number of rotatable bonds is 3. The first-order chi connectivity index (χ1) is 7.24. The van der Waals surface area contributed by atoms with Gasteiger partial charge < -0.3 is 10.4 Å². The van der Waals surface area contributed by atoms with Crippen LogP contribution in [0.2, 0.25) is 0 Å². The molecule has 0 fully saturated rings. The highest BCUT2D eigenvalue weighted by molar-refractivity contribution is 5.00. The molecular weight excluding hydrogens is 200 g/mol. The normalized spacial score (nSPS) is 10.1. The van der Waals surface area contributed by atoms with Gasteiger partial charge in [0.1, 0.15) is 12.7 Å². The number of nitrogens with one attached hydrogen (secondary N) is 3. The monoisotopic (exact) mass is 208 g/mol. The largest absolute Gasteiger partial charge is 0.325 e. The van der Waals surface area contributed by atoms with Gasteiger partial charge in [-0.25, -0.2) is 9.47 Å². The molecule has 0 amide bonds. The third-order valence-electron chi connectivity index (χ3n) is 1.69. The highest BCUT2D eigenvalue weighted by Crippen LogP contribution is 1.86. The van der Waals surface area contributed by atoms with E-state index in [9.17, 15) is 9.59 Å². The summed E-state index contributed by atoms with van der Waals surface area (Å²) in [6.45, 7) is 0.303. The van der Waals surface area contributed by atoms with E-state index in [-0.39, 0.29) is 0 Å². The van der Waals surface area contributed by atoms with Crippen LogP contribution in [-0.4, -0.2) is 24.8 Å². The minimum Gasteiger partial charge on any atom is -0.318 e. The second kappa shape index (κ2) is 3.78. The number of hydrogen-bond donors (Lipinski definition) is 3. The Kier molecular flexibility index (Phi) is 2.31. The van der Waals surface area contributed by atoms with Gasteiger partial charge in [-0.15, -0.1) is 10.2 Å². The van der Waals surface area contributed by atoms with Crippen molar-refractivity contribution in [1.29, 1.82) is 0 Å². The second-order valence-corrected chi connectivity index (χ2v) is 2.82. The Balaban J connectivity index is 2.11. The van der Waals surface area contributed by atoms with E-state index in [1.54, 1.807) is 0 Å². The van der Waals surface area contributed by atoms with Crippen LogP contribution < -0.4 is 16.7 Å². The van der Waals surface area contributed by atoms with Crippen LogP contribution in [0, 0.1) is 0 Å². The average Bonchev–Trinajstić information content (AvgIpc) is 2.65. The predicted molar refractivity (Wildman–Crippen MR) is 50.8 cm³/mol. The number of aromatic nitrogens is 5. The van der Waals surface area contributed by atoms with Gasteiger partial charge in [0.2, 0.25) is 0 Å². The highest BCUT2D eigenvalue weighted by Gasteiger charge is 1.96. The first-order valence-electron chi connectivity index (χ1n) is 4.15. The van der Waals surface area contributed by atoms with Crippen molar-refractivity contribution in [3.63, 3.8) is 0 Å². The second-order valence-electron chi connectivity index (χ2n) is 2.82. The van der Waals surface area contributed by atoms with Crippen molar-refractivity contribution in [2.45, 2.75) is 6.54 Å². The van der Waals surface area contributed by atoms with E-state index in [4.69, 9.17) is 0 Å². The van der Waals surface area contributed by atoms with Crippen LogP contribution in [0.4, 0.5) is 0 Å². The Morgan fingerprint density at radius 3 is 2.67 bits per heavy atom. The summed E-state index contributed by atoms with van der Waals surface area (Å²) < 4.78 is 1.51. The molecule has 8 heteroatoms. The molecule has 0 aromatic carbocycles. The lowest BCUT2D eigenvalue weighted by Gasteiger charge is -2.04. The van der Waals surface area contributed by atoms with Crippen LogP contribution in [-0.2, 0) is 6.54 Å². The lowest BCUT2D eigenvalue weighted by atomic mass is 10.4. The van der Waals surface area contributed by atoms with Crippen molar-refractivity contribution >= 4 is 0 Å². The first kappa shape index (κ1) is 9.19. The fourth-order valence-corrected chi connectivity index (χ4v) is 1.07. The van der Waals surface area contributed by atoms with Crippen LogP contribution in [0.15, 0.2) is 28.3 Å². The fourth-order valence-electron chi connectivity index (χ4n) is 1.07. The number of aromatic amines is 2. The molecule has 0 saturated heterocycles. The molecule has 2 aromatic heterocycles. The zero-order chi connectivity index (χ0) is 10.7. The van der Waals surface area contributed by atoms with Crippen LogP contribution in [0.25, 0.3) is 0 Å². The van der Waals surface area contributed by atoms with E-state index in [0.717, 1.165) is 0 Å². The first-order valence-corrected chi connectivity index (χ1v) is 4.15. The molecule has 0 bridgehead atoms. The van der Waals surface area contributed by atoms with Crippen molar-refractivity contribution in [2.24, 2.45) is 0 Å². The molecule has 2 rings (SSSR count). The van der Waals surface area contributed by atoms with E-state index >= 15 is 0 Å². The molecule has 2 heterocycles. The summed E-state index contributed by atoms with van der Waals surface area (Å²) in [6, 6.07) is 1.30. The standard InChI is InChI=1S/C7H8N6O2/c14-6-1-5(11-7(15)12-6)2-10-13-3-8-9-4-13/h1,3-4,10H,2H2,(H2,11,12,14,15). The van der Waals surface area contributed by atoms with E-state index in [1.165, 1.54) is 23.4 Å². The van der Waals surface area contributed by atoms with Gasteiger partial charge in [0.05, 0.1) is 6.54 Å².